The molecule has 4 N–H and O–H groups in total. The summed E-state index contributed by atoms with van der Waals surface area (Å²) in [6.07, 6.45) is -0.146. The molecule has 1 saturated heterocycles. The van der Waals surface area contributed by atoms with Crippen LogP contribution in [0.5, 0.6) is 0 Å². The van der Waals surface area contributed by atoms with E-state index in [-0.39, 0.29) is 24.2 Å². The minimum atomic E-state index is -0.514. The first kappa shape index (κ1) is 20.7. The van der Waals surface area contributed by atoms with Gasteiger partial charge in [-0.05, 0) is 36.1 Å². The van der Waals surface area contributed by atoms with E-state index in [0.717, 1.165) is 4.88 Å². The van der Waals surface area contributed by atoms with Crippen molar-refractivity contribution in [3.05, 3.63) is 51.2 Å². The lowest BCUT2D eigenvalue weighted by atomic mass is 10.1. The number of benzene rings is 1. The topological polar surface area (TPSA) is 90.5 Å². The van der Waals surface area contributed by atoms with E-state index in [9.17, 15) is 14.7 Å². The fourth-order valence-electron chi connectivity index (χ4n) is 2.60. The van der Waals surface area contributed by atoms with Gasteiger partial charge in [-0.3, -0.25) is 9.59 Å². The molecule has 1 fully saturated rings. The molecule has 0 radical (unpaired) electrons. The van der Waals surface area contributed by atoms with Gasteiger partial charge in [0.15, 0.2) is 0 Å². The first-order valence-electron chi connectivity index (χ1n) is 7.85. The van der Waals surface area contributed by atoms with Crippen LogP contribution in [0.3, 0.4) is 0 Å². The number of hydrogen-bond acceptors (Lipinski definition) is 5. The van der Waals surface area contributed by atoms with Gasteiger partial charge in [0.05, 0.1) is 29.3 Å². The van der Waals surface area contributed by atoms with Crippen molar-refractivity contribution in [2.75, 3.05) is 11.9 Å². The van der Waals surface area contributed by atoms with Gasteiger partial charge in [0.25, 0.3) is 5.91 Å². The number of carbonyl (C=O) groups is 2. The molecule has 2 heterocycles. The SMILES string of the molecule is Cl.O=C(NCc1cccs1)c1cc(NC(=O)C2CC(O)CN2)ccc1Cl. The summed E-state index contributed by atoms with van der Waals surface area (Å²) in [7, 11) is 0. The summed E-state index contributed by atoms with van der Waals surface area (Å²) in [5.41, 5.74) is 0.786. The van der Waals surface area contributed by atoms with Crippen LogP contribution in [0.25, 0.3) is 0 Å². The number of halogens is 2. The Morgan fingerprint density at radius 3 is 2.81 bits per heavy atom. The van der Waals surface area contributed by atoms with Crippen molar-refractivity contribution < 1.29 is 14.7 Å². The zero-order valence-corrected chi connectivity index (χ0v) is 16.1. The highest BCUT2D eigenvalue weighted by Gasteiger charge is 2.28. The molecule has 1 aliphatic heterocycles. The standard InChI is InChI=1S/C17H18ClN3O3S.ClH/c18-14-4-3-10(21-17(24)15-7-11(22)8-19-15)6-13(14)16(23)20-9-12-2-1-5-25-12;/h1-6,11,15,19,22H,7-9H2,(H,20,23)(H,21,24);1H. The molecule has 2 amide bonds. The van der Waals surface area contributed by atoms with Crippen molar-refractivity contribution in [2.45, 2.75) is 25.1 Å². The Bertz CT molecular complexity index is 771. The summed E-state index contributed by atoms with van der Waals surface area (Å²) in [6, 6.07) is 8.18. The number of hydrogen-bond donors (Lipinski definition) is 4. The molecule has 2 unspecified atom stereocenters. The van der Waals surface area contributed by atoms with Crippen LogP contribution in [0.2, 0.25) is 5.02 Å². The highest BCUT2D eigenvalue weighted by molar-refractivity contribution is 7.09. The molecule has 26 heavy (non-hydrogen) atoms. The van der Waals surface area contributed by atoms with Gasteiger partial charge in [0, 0.05) is 17.1 Å². The van der Waals surface area contributed by atoms with Gasteiger partial charge in [-0.25, -0.2) is 0 Å². The molecular formula is C17H19Cl2N3O3S. The zero-order valence-electron chi connectivity index (χ0n) is 13.7. The maximum absolute atomic E-state index is 12.3. The monoisotopic (exact) mass is 415 g/mol. The normalized spacial score (nSPS) is 18.8. The number of aliphatic hydroxyl groups excluding tert-OH is 1. The van der Waals surface area contributed by atoms with E-state index in [1.165, 1.54) is 0 Å². The van der Waals surface area contributed by atoms with E-state index < -0.39 is 12.1 Å². The van der Waals surface area contributed by atoms with Crippen molar-refractivity contribution in [1.82, 2.24) is 10.6 Å². The predicted molar refractivity (Wildman–Crippen MR) is 105 cm³/mol. The van der Waals surface area contributed by atoms with E-state index in [2.05, 4.69) is 16.0 Å². The Morgan fingerprint density at radius 1 is 1.35 bits per heavy atom. The van der Waals surface area contributed by atoms with Crippen LogP contribution in [-0.2, 0) is 11.3 Å². The number of rotatable bonds is 5. The molecule has 1 aromatic heterocycles. The Labute approximate surface area is 166 Å². The Morgan fingerprint density at radius 2 is 2.15 bits per heavy atom. The lowest BCUT2D eigenvalue weighted by Crippen LogP contribution is -2.35. The summed E-state index contributed by atoms with van der Waals surface area (Å²) in [5.74, 6) is -0.548. The molecule has 0 bridgehead atoms. The molecule has 2 aromatic rings. The lowest BCUT2D eigenvalue weighted by Gasteiger charge is -2.13. The van der Waals surface area contributed by atoms with Crippen LogP contribution in [0.15, 0.2) is 35.7 Å². The quantitative estimate of drug-likeness (QED) is 0.603. The second-order valence-electron chi connectivity index (χ2n) is 5.80. The van der Waals surface area contributed by atoms with Crippen LogP contribution in [0.1, 0.15) is 21.7 Å². The second-order valence-corrected chi connectivity index (χ2v) is 7.24. The number of thiophene rings is 1. The minimum Gasteiger partial charge on any atom is -0.392 e. The van der Waals surface area contributed by atoms with E-state index in [1.54, 1.807) is 29.5 Å². The summed E-state index contributed by atoms with van der Waals surface area (Å²) >= 11 is 7.68. The van der Waals surface area contributed by atoms with Gasteiger partial charge < -0.3 is 21.1 Å². The molecule has 2 atom stereocenters. The van der Waals surface area contributed by atoms with Gasteiger partial charge in [-0.15, -0.1) is 23.7 Å². The molecule has 1 aliphatic rings. The number of amides is 2. The lowest BCUT2D eigenvalue weighted by molar-refractivity contribution is -0.117. The van der Waals surface area contributed by atoms with Gasteiger partial charge in [-0.2, -0.15) is 0 Å². The molecule has 6 nitrogen and oxygen atoms in total. The predicted octanol–water partition coefficient (Wildman–Crippen LogP) is 2.41. The molecule has 140 valence electrons. The third-order valence-corrected chi connectivity index (χ3v) is 5.11. The average molecular weight is 416 g/mol. The van der Waals surface area contributed by atoms with Gasteiger partial charge in [-0.1, -0.05) is 17.7 Å². The summed E-state index contributed by atoms with van der Waals surface area (Å²) < 4.78 is 0. The number of nitrogens with one attached hydrogen (secondary N) is 3. The minimum absolute atomic E-state index is 0. The third kappa shape index (κ3) is 5.18. The highest BCUT2D eigenvalue weighted by atomic mass is 35.5. The fraction of sp³-hybridized carbons (Fsp3) is 0.294. The second kappa shape index (κ2) is 9.34. The smallest absolute Gasteiger partial charge is 0.253 e. The average Bonchev–Trinajstić information content (AvgIpc) is 3.26. The van der Waals surface area contributed by atoms with Crippen LogP contribution < -0.4 is 16.0 Å². The van der Waals surface area contributed by atoms with Gasteiger partial charge in [0.1, 0.15) is 0 Å². The fourth-order valence-corrected chi connectivity index (χ4v) is 3.45. The molecule has 3 rings (SSSR count). The number of carbonyl (C=O) groups excluding carboxylic acids is 2. The largest absolute Gasteiger partial charge is 0.392 e. The summed E-state index contributed by atoms with van der Waals surface area (Å²) in [4.78, 5) is 25.6. The summed E-state index contributed by atoms with van der Waals surface area (Å²) in [5, 5.41) is 20.3. The molecule has 9 heteroatoms. The van der Waals surface area contributed by atoms with Gasteiger partial charge in [0.2, 0.25) is 5.91 Å². The first-order chi connectivity index (χ1) is 12.0. The van der Waals surface area contributed by atoms with E-state index in [4.69, 9.17) is 11.6 Å². The van der Waals surface area contributed by atoms with E-state index in [1.807, 2.05) is 17.5 Å². The number of aliphatic hydroxyl groups is 1. The van der Waals surface area contributed by atoms with E-state index >= 15 is 0 Å². The van der Waals surface area contributed by atoms with Gasteiger partial charge >= 0.3 is 0 Å². The summed E-state index contributed by atoms with van der Waals surface area (Å²) in [6.45, 7) is 0.822. The molecule has 0 aliphatic carbocycles. The van der Waals surface area contributed by atoms with Crippen LogP contribution in [-0.4, -0.2) is 35.6 Å². The number of anilines is 1. The van der Waals surface area contributed by atoms with Crippen molar-refractivity contribution in [1.29, 1.82) is 0 Å². The molecule has 1 aromatic carbocycles. The van der Waals surface area contributed by atoms with E-state index in [0.29, 0.717) is 35.8 Å². The van der Waals surface area contributed by atoms with Crippen molar-refractivity contribution >= 4 is 52.8 Å². The molecule has 0 saturated carbocycles. The van der Waals surface area contributed by atoms with Crippen LogP contribution in [0, 0.1) is 0 Å². The Hall–Kier alpha value is -1.64. The van der Waals surface area contributed by atoms with Crippen LogP contribution >= 0.6 is 35.3 Å². The Balaban J connectivity index is 0.00000243. The van der Waals surface area contributed by atoms with Crippen LogP contribution in [0.4, 0.5) is 5.69 Å². The molecular weight excluding hydrogens is 397 g/mol. The zero-order chi connectivity index (χ0) is 17.8. The third-order valence-electron chi connectivity index (χ3n) is 3.91. The maximum Gasteiger partial charge on any atom is 0.253 e. The van der Waals surface area contributed by atoms with Crippen molar-refractivity contribution in [2.24, 2.45) is 0 Å². The molecule has 0 spiro atoms. The Kier molecular flexibility index (Phi) is 7.43. The first-order valence-corrected chi connectivity index (χ1v) is 9.11. The van der Waals surface area contributed by atoms with Crippen molar-refractivity contribution in [3.63, 3.8) is 0 Å². The maximum atomic E-state index is 12.3. The number of β-amino-alcohol motifs (C(OH)–C–C–N with tert-alkyl or cyclic N) is 1. The van der Waals surface area contributed by atoms with Crippen molar-refractivity contribution in [3.8, 4) is 0 Å². The highest BCUT2D eigenvalue weighted by Crippen LogP contribution is 2.21.